The number of rotatable bonds is 5. The Hall–Kier alpha value is -0.840. The number of ether oxygens (including phenoxy) is 1. The molecule has 0 bridgehead atoms. The molecule has 15 heavy (non-hydrogen) atoms. The smallest absolute Gasteiger partial charge is 0.128 e. The molecule has 0 aromatic carbocycles. The fraction of sp³-hybridized carbons (Fsp3) is 0.500. The zero-order chi connectivity index (χ0) is 11.3. The molecule has 0 radical (unpaired) electrons. The van der Waals surface area contributed by atoms with Crippen molar-refractivity contribution in [3.05, 3.63) is 22.8 Å². The number of hydrogen-bond acceptors (Lipinski definition) is 4. The monoisotopic (exact) mass is 229 g/mol. The lowest BCUT2D eigenvalue weighted by Gasteiger charge is -2.18. The summed E-state index contributed by atoms with van der Waals surface area (Å²) in [5.74, 6) is 0.858. The van der Waals surface area contributed by atoms with Gasteiger partial charge in [0.1, 0.15) is 5.82 Å². The maximum atomic E-state index is 5.92. The van der Waals surface area contributed by atoms with Crippen LogP contribution >= 0.6 is 11.6 Å². The molecule has 1 heterocycles. The maximum absolute atomic E-state index is 5.92. The molecule has 1 aromatic heterocycles. The average molecular weight is 230 g/mol. The number of anilines is 1. The van der Waals surface area contributed by atoms with Crippen molar-refractivity contribution in [2.24, 2.45) is 5.73 Å². The van der Waals surface area contributed by atoms with E-state index in [9.17, 15) is 0 Å². The summed E-state index contributed by atoms with van der Waals surface area (Å²) in [6, 6.07) is 1.90. The molecule has 0 spiro atoms. The Morgan fingerprint density at radius 2 is 2.33 bits per heavy atom. The van der Waals surface area contributed by atoms with E-state index in [1.165, 1.54) is 0 Å². The number of aromatic nitrogens is 1. The van der Waals surface area contributed by atoms with E-state index in [4.69, 9.17) is 22.1 Å². The van der Waals surface area contributed by atoms with E-state index in [0.717, 1.165) is 17.9 Å². The van der Waals surface area contributed by atoms with Crippen molar-refractivity contribution in [3.8, 4) is 0 Å². The van der Waals surface area contributed by atoms with Gasteiger partial charge in [0.2, 0.25) is 0 Å². The number of halogens is 1. The highest BCUT2D eigenvalue weighted by atomic mass is 35.5. The minimum Gasteiger partial charge on any atom is -0.383 e. The van der Waals surface area contributed by atoms with E-state index in [-0.39, 0.29) is 0 Å². The van der Waals surface area contributed by atoms with E-state index in [0.29, 0.717) is 18.2 Å². The maximum Gasteiger partial charge on any atom is 0.128 e. The van der Waals surface area contributed by atoms with Gasteiger partial charge in [-0.2, -0.15) is 0 Å². The molecule has 0 aliphatic heterocycles. The zero-order valence-corrected chi connectivity index (χ0v) is 9.79. The summed E-state index contributed by atoms with van der Waals surface area (Å²) in [6.07, 6.45) is 1.63. The first-order valence-electron chi connectivity index (χ1n) is 4.73. The average Bonchev–Trinajstić information content (AvgIpc) is 2.26. The predicted octanol–water partition coefficient (Wildman–Crippen LogP) is 1.28. The SMILES string of the molecule is COCCN(C)c1cc(CN)c(Cl)cn1. The van der Waals surface area contributed by atoms with Crippen LogP contribution in [0.2, 0.25) is 5.02 Å². The van der Waals surface area contributed by atoms with Crippen molar-refractivity contribution in [1.82, 2.24) is 4.98 Å². The number of nitrogens with zero attached hydrogens (tertiary/aromatic N) is 2. The Kier molecular flexibility index (Phi) is 4.81. The van der Waals surface area contributed by atoms with Crippen molar-refractivity contribution < 1.29 is 4.74 Å². The normalized spacial score (nSPS) is 10.4. The summed E-state index contributed by atoms with van der Waals surface area (Å²) in [7, 11) is 3.63. The molecule has 0 unspecified atom stereocenters. The van der Waals surface area contributed by atoms with Crippen LogP contribution in [0.15, 0.2) is 12.3 Å². The number of pyridine rings is 1. The molecule has 2 N–H and O–H groups in total. The van der Waals surface area contributed by atoms with Gasteiger partial charge in [-0.15, -0.1) is 0 Å². The third-order valence-electron chi connectivity index (χ3n) is 2.16. The summed E-state index contributed by atoms with van der Waals surface area (Å²) in [4.78, 5) is 6.22. The highest BCUT2D eigenvalue weighted by Gasteiger charge is 2.05. The van der Waals surface area contributed by atoms with Crippen molar-refractivity contribution in [2.75, 3.05) is 32.2 Å². The van der Waals surface area contributed by atoms with Crippen molar-refractivity contribution in [2.45, 2.75) is 6.54 Å². The Morgan fingerprint density at radius 1 is 1.60 bits per heavy atom. The topological polar surface area (TPSA) is 51.4 Å². The van der Waals surface area contributed by atoms with Crippen LogP contribution in [-0.4, -0.2) is 32.3 Å². The van der Waals surface area contributed by atoms with Crippen LogP contribution in [0.5, 0.6) is 0 Å². The quantitative estimate of drug-likeness (QED) is 0.827. The lowest BCUT2D eigenvalue weighted by molar-refractivity contribution is 0.206. The van der Waals surface area contributed by atoms with Gasteiger partial charge < -0.3 is 15.4 Å². The first-order chi connectivity index (χ1) is 7.19. The fourth-order valence-corrected chi connectivity index (χ4v) is 1.36. The summed E-state index contributed by atoms with van der Waals surface area (Å²) in [5.41, 5.74) is 6.47. The van der Waals surface area contributed by atoms with Gasteiger partial charge in [-0.3, -0.25) is 0 Å². The van der Waals surface area contributed by atoms with Gasteiger partial charge in [-0.05, 0) is 11.6 Å². The molecular weight excluding hydrogens is 214 g/mol. The van der Waals surface area contributed by atoms with Crippen LogP contribution in [0.4, 0.5) is 5.82 Å². The van der Waals surface area contributed by atoms with E-state index < -0.39 is 0 Å². The third kappa shape index (κ3) is 3.34. The van der Waals surface area contributed by atoms with Gasteiger partial charge >= 0.3 is 0 Å². The molecule has 0 amide bonds. The molecule has 84 valence electrons. The molecular formula is C10H16ClN3O. The first-order valence-corrected chi connectivity index (χ1v) is 5.11. The second kappa shape index (κ2) is 5.90. The van der Waals surface area contributed by atoms with Gasteiger partial charge in [-0.25, -0.2) is 4.98 Å². The molecule has 0 saturated carbocycles. The minimum absolute atomic E-state index is 0.423. The molecule has 0 aliphatic carbocycles. The van der Waals surface area contributed by atoms with Gasteiger partial charge in [-0.1, -0.05) is 11.6 Å². The minimum atomic E-state index is 0.423. The summed E-state index contributed by atoms with van der Waals surface area (Å²) in [6.45, 7) is 1.88. The van der Waals surface area contributed by atoms with E-state index in [2.05, 4.69) is 4.98 Å². The zero-order valence-electron chi connectivity index (χ0n) is 9.03. The second-order valence-electron chi connectivity index (χ2n) is 3.25. The predicted molar refractivity (Wildman–Crippen MR) is 62.3 cm³/mol. The molecule has 0 fully saturated rings. The van der Waals surface area contributed by atoms with Gasteiger partial charge in [0.25, 0.3) is 0 Å². The lowest BCUT2D eigenvalue weighted by atomic mass is 10.2. The van der Waals surface area contributed by atoms with Gasteiger partial charge in [0.05, 0.1) is 11.6 Å². The van der Waals surface area contributed by atoms with Crippen LogP contribution in [-0.2, 0) is 11.3 Å². The first kappa shape index (κ1) is 12.2. The molecule has 0 atom stereocenters. The van der Waals surface area contributed by atoms with Gasteiger partial charge in [0, 0.05) is 33.4 Å². The Bertz CT molecular complexity index is 320. The van der Waals surface area contributed by atoms with Crippen molar-refractivity contribution in [3.63, 3.8) is 0 Å². The van der Waals surface area contributed by atoms with Crippen molar-refractivity contribution >= 4 is 17.4 Å². The highest BCUT2D eigenvalue weighted by molar-refractivity contribution is 6.31. The number of likely N-dealkylation sites (N-methyl/N-ethyl adjacent to an activating group) is 1. The van der Waals surface area contributed by atoms with Gasteiger partial charge in [0.15, 0.2) is 0 Å². The molecule has 1 rings (SSSR count). The molecule has 0 saturated heterocycles. The Morgan fingerprint density at radius 3 is 2.93 bits per heavy atom. The summed E-state index contributed by atoms with van der Waals surface area (Å²) >= 11 is 5.92. The summed E-state index contributed by atoms with van der Waals surface area (Å²) < 4.78 is 4.99. The fourth-order valence-electron chi connectivity index (χ4n) is 1.18. The number of methoxy groups -OCH3 is 1. The Balaban J connectivity index is 2.76. The molecule has 5 heteroatoms. The van der Waals surface area contributed by atoms with E-state index in [1.807, 2.05) is 18.0 Å². The van der Waals surface area contributed by atoms with E-state index in [1.54, 1.807) is 13.3 Å². The van der Waals surface area contributed by atoms with Crippen molar-refractivity contribution in [1.29, 1.82) is 0 Å². The lowest BCUT2D eigenvalue weighted by Crippen LogP contribution is -2.23. The van der Waals surface area contributed by atoms with Crippen LogP contribution in [0.3, 0.4) is 0 Å². The second-order valence-corrected chi connectivity index (χ2v) is 3.66. The standard InChI is InChI=1S/C10H16ClN3O/c1-14(3-4-15-2)10-5-8(6-12)9(11)7-13-10/h5,7H,3-4,6,12H2,1-2H3. The van der Waals surface area contributed by atoms with Crippen LogP contribution in [0.1, 0.15) is 5.56 Å². The van der Waals surface area contributed by atoms with E-state index >= 15 is 0 Å². The molecule has 4 nitrogen and oxygen atoms in total. The molecule has 0 aliphatic rings. The number of hydrogen-bond donors (Lipinski definition) is 1. The number of nitrogens with two attached hydrogens (primary N) is 1. The highest BCUT2D eigenvalue weighted by Crippen LogP contribution is 2.19. The van der Waals surface area contributed by atoms with Crippen LogP contribution < -0.4 is 10.6 Å². The van der Waals surface area contributed by atoms with Crippen LogP contribution in [0, 0.1) is 0 Å². The summed E-state index contributed by atoms with van der Waals surface area (Å²) in [5, 5.41) is 0.612. The molecule has 1 aromatic rings. The third-order valence-corrected chi connectivity index (χ3v) is 2.50. The Labute approximate surface area is 95.0 Å². The largest absolute Gasteiger partial charge is 0.383 e. The van der Waals surface area contributed by atoms with Crippen LogP contribution in [0.25, 0.3) is 0 Å².